The van der Waals surface area contributed by atoms with Gasteiger partial charge < -0.3 is 5.11 Å². The van der Waals surface area contributed by atoms with Crippen molar-refractivity contribution in [1.82, 2.24) is 0 Å². The summed E-state index contributed by atoms with van der Waals surface area (Å²) in [7, 11) is 0. The largest absolute Gasteiger partial charge is 0.480 e. The van der Waals surface area contributed by atoms with Crippen LogP contribution in [0.1, 0.15) is 52.4 Å². The van der Waals surface area contributed by atoms with Crippen LogP contribution in [-0.2, 0) is 4.79 Å². The molecule has 0 spiro atoms. The van der Waals surface area contributed by atoms with Crippen LogP contribution in [0, 0.1) is 0 Å². The van der Waals surface area contributed by atoms with Gasteiger partial charge in [-0.2, -0.15) is 0 Å². The van der Waals surface area contributed by atoms with Gasteiger partial charge in [-0.15, -0.1) is 11.8 Å². The topological polar surface area (TPSA) is 37.3 Å². The first-order valence-corrected chi connectivity index (χ1v) is 6.44. The Hall–Kier alpha value is -0.180. The molecule has 0 radical (unpaired) electrons. The van der Waals surface area contributed by atoms with E-state index in [1.165, 1.54) is 25.7 Å². The second-order valence-corrected chi connectivity index (χ2v) is 5.71. The molecule has 1 rings (SSSR count). The number of thioether (sulfide) groups is 1. The molecule has 1 N–H and O–H groups in total. The summed E-state index contributed by atoms with van der Waals surface area (Å²) >= 11 is 1.71. The first-order chi connectivity index (χ1) is 6.64. The molecule has 0 aliphatic heterocycles. The summed E-state index contributed by atoms with van der Waals surface area (Å²) in [6.45, 7) is 3.97. The first kappa shape index (κ1) is 11.9. The van der Waals surface area contributed by atoms with E-state index in [0.717, 1.165) is 12.8 Å². The van der Waals surface area contributed by atoms with Crippen LogP contribution in [-0.4, -0.2) is 21.1 Å². The Kier molecular flexibility index (Phi) is 4.30. The Balaban J connectivity index is 2.61. The molecule has 0 unspecified atom stereocenters. The number of hydrogen-bond acceptors (Lipinski definition) is 2. The summed E-state index contributed by atoms with van der Waals surface area (Å²) in [6.07, 6.45) is 6.45. The molecule has 0 saturated heterocycles. The van der Waals surface area contributed by atoms with Gasteiger partial charge in [0, 0.05) is 5.25 Å². The number of carboxylic acids is 1. The quantitative estimate of drug-likeness (QED) is 0.766. The fourth-order valence-corrected chi connectivity index (χ4v) is 3.74. The van der Waals surface area contributed by atoms with Gasteiger partial charge >= 0.3 is 5.97 Å². The second kappa shape index (κ2) is 5.06. The van der Waals surface area contributed by atoms with Crippen molar-refractivity contribution < 1.29 is 9.90 Å². The molecule has 82 valence electrons. The molecule has 0 heterocycles. The lowest BCUT2D eigenvalue weighted by Crippen LogP contribution is -2.35. The molecular weight excluding hydrogens is 196 g/mol. The van der Waals surface area contributed by atoms with Gasteiger partial charge in [-0.1, -0.05) is 26.7 Å². The van der Waals surface area contributed by atoms with Crippen molar-refractivity contribution in [3.05, 3.63) is 0 Å². The monoisotopic (exact) mass is 216 g/mol. The van der Waals surface area contributed by atoms with E-state index in [2.05, 4.69) is 0 Å². The van der Waals surface area contributed by atoms with Gasteiger partial charge in [-0.05, 0) is 25.7 Å². The van der Waals surface area contributed by atoms with Crippen LogP contribution < -0.4 is 0 Å². The van der Waals surface area contributed by atoms with E-state index in [4.69, 9.17) is 0 Å². The van der Waals surface area contributed by atoms with Crippen molar-refractivity contribution in [2.24, 2.45) is 0 Å². The predicted molar refractivity (Wildman–Crippen MR) is 60.8 cm³/mol. The number of carboxylic acid groups (broad SMARTS) is 1. The Morgan fingerprint density at radius 2 is 1.86 bits per heavy atom. The standard InChI is InChI=1S/C11H20O2S/c1-3-11(4-2,10(12)13)14-9-7-5-6-8-9/h9H,3-8H2,1-2H3,(H,12,13). The van der Waals surface area contributed by atoms with Crippen molar-refractivity contribution in [2.75, 3.05) is 0 Å². The molecule has 0 bridgehead atoms. The minimum absolute atomic E-state index is 0.519. The maximum atomic E-state index is 11.3. The van der Waals surface area contributed by atoms with Gasteiger partial charge in [0.2, 0.25) is 0 Å². The van der Waals surface area contributed by atoms with Crippen LogP contribution in [0.25, 0.3) is 0 Å². The first-order valence-electron chi connectivity index (χ1n) is 5.56. The molecule has 0 aromatic heterocycles. The number of carbonyl (C=O) groups is 1. The molecule has 0 aromatic rings. The van der Waals surface area contributed by atoms with Gasteiger partial charge in [0.15, 0.2) is 0 Å². The summed E-state index contributed by atoms with van der Waals surface area (Å²) in [4.78, 5) is 11.3. The Labute approximate surface area is 90.5 Å². The third-order valence-corrected chi connectivity index (χ3v) is 5.23. The molecule has 2 nitrogen and oxygen atoms in total. The number of aliphatic carboxylic acids is 1. The van der Waals surface area contributed by atoms with Crippen LogP contribution in [0.15, 0.2) is 0 Å². The molecule has 0 atom stereocenters. The van der Waals surface area contributed by atoms with Crippen LogP contribution in [0.2, 0.25) is 0 Å². The second-order valence-electron chi connectivity index (χ2n) is 4.03. The van der Waals surface area contributed by atoms with Crippen molar-refractivity contribution in [3.8, 4) is 0 Å². The lowest BCUT2D eigenvalue weighted by Gasteiger charge is -2.29. The van der Waals surface area contributed by atoms with Crippen LogP contribution in [0.4, 0.5) is 0 Å². The van der Waals surface area contributed by atoms with Gasteiger partial charge in [-0.3, -0.25) is 4.79 Å². The van der Waals surface area contributed by atoms with E-state index in [1.54, 1.807) is 11.8 Å². The highest BCUT2D eigenvalue weighted by atomic mass is 32.2. The van der Waals surface area contributed by atoms with Crippen LogP contribution in [0.3, 0.4) is 0 Å². The molecule has 0 amide bonds. The smallest absolute Gasteiger partial charge is 0.319 e. The van der Waals surface area contributed by atoms with Crippen molar-refractivity contribution in [2.45, 2.75) is 62.4 Å². The third-order valence-electron chi connectivity index (χ3n) is 3.23. The van der Waals surface area contributed by atoms with Gasteiger partial charge in [0.25, 0.3) is 0 Å². The Morgan fingerprint density at radius 3 is 2.21 bits per heavy atom. The van der Waals surface area contributed by atoms with E-state index in [1.807, 2.05) is 13.8 Å². The van der Waals surface area contributed by atoms with E-state index < -0.39 is 10.7 Å². The van der Waals surface area contributed by atoms with Crippen molar-refractivity contribution in [3.63, 3.8) is 0 Å². The average molecular weight is 216 g/mol. The maximum absolute atomic E-state index is 11.3. The van der Waals surface area contributed by atoms with E-state index in [-0.39, 0.29) is 0 Å². The molecule has 1 aliphatic carbocycles. The van der Waals surface area contributed by atoms with E-state index >= 15 is 0 Å². The summed E-state index contributed by atoms with van der Waals surface area (Å²) in [5.74, 6) is -0.626. The highest BCUT2D eigenvalue weighted by Crippen LogP contribution is 2.41. The lowest BCUT2D eigenvalue weighted by atomic mass is 10.0. The zero-order valence-electron chi connectivity index (χ0n) is 9.08. The molecule has 0 aromatic carbocycles. The Morgan fingerprint density at radius 1 is 1.36 bits per heavy atom. The zero-order valence-corrected chi connectivity index (χ0v) is 9.90. The summed E-state index contributed by atoms with van der Waals surface area (Å²) < 4.78 is -0.519. The normalized spacial score (nSPS) is 18.7. The zero-order chi connectivity index (χ0) is 10.6. The number of rotatable bonds is 5. The average Bonchev–Trinajstić information content (AvgIpc) is 2.66. The Bertz CT molecular complexity index is 193. The highest BCUT2D eigenvalue weighted by molar-refractivity contribution is 8.02. The van der Waals surface area contributed by atoms with Gasteiger partial charge in [-0.25, -0.2) is 0 Å². The van der Waals surface area contributed by atoms with E-state index in [0.29, 0.717) is 5.25 Å². The molecular formula is C11H20O2S. The van der Waals surface area contributed by atoms with Crippen molar-refractivity contribution >= 4 is 17.7 Å². The molecule has 1 saturated carbocycles. The maximum Gasteiger partial charge on any atom is 0.319 e. The third kappa shape index (κ3) is 2.44. The molecule has 1 fully saturated rings. The predicted octanol–water partition coefficient (Wildman–Crippen LogP) is 3.31. The highest BCUT2D eigenvalue weighted by Gasteiger charge is 2.38. The van der Waals surface area contributed by atoms with Crippen LogP contribution >= 0.6 is 11.8 Å². The summed E-state index contributed by atoms with van der Waals surface area (Å²) in [6, 6.07) is 0. The van der Waals surface area contributed by atoms with E-state index in [9.17, 15) is 9.90 Å². The minimum Gasteiger partial charge on any atom is -0.480 e. The molecule has 14 heavy (non-hydrogen) atoms. The lowest BCUT2D eigenvalue weighted by molar-refractivity contribution is -0.140. The molecule has 3 heteroatoms. The molecule has 1 aliphatic rings. The summed E-state index contributed by atoms with van der Waals surface area (Å²) in [5, 5.41) is 9.85. The summed E-state index contributed by atoms with van der Waals surface area (Å²) in [5.41, 5.74) is 0. The van der Waals surface area contributed by atoms with Crippen molar-refractivity contribution in [1.29, 1.82) is 0 Å². The fourth-order valence-electron chi connectivity index (χ4n) is 2.09. The fraction of sp³-hybridized carbons (Fsp3) is 0.909. The van der Waals surface area contributed by atoms with Gasteiger partial charge in [0.05, 0.1) is 0 Å². The number of hydrogen-bond donors (Lipinski definition) is 1. The van der Waals surface area contributed by atoms with Gasteiger partial charge in [0.1, 0.15) is 4.75 Å². The SMILES string of the molecule is CCC(CC)(SC1CCCC1)C(=O)O. The minimum atomic E-state index is -0.626. The van der Waals surface area contributed by atoms with Crippen LogP contribution in [0.5, 0.6) is 0 Å².